The monoisotopic (exact) mass is 1180 g/mol. The Bertz CT molecular complexity index is 2190. The molecule has 0 aromatic heterocycles. The molecule has 4 aliphatic carbocycles. The molecule has 26 heteroatoms. The second-order valence-corrected chi connectivity index (χ2v) is 26.2. The van der Waals surface area contributed by atoms with Crippen molar-refractivity contribution in [3.63, 3.8) is 0 Å². The van der Waals surface area contributed by atoms with Crippen molar-refractivity contribution in [3.05, 3.63) is 11.6 Å². The molecule has 11 aliphatic rings. The number of ether oxygens (including phenoxy) is 12. The Balaban J connectivity index is 0.781. The minimum Gasteiger partial charge on any atom is -0.394 e. The first-order valence-corrected chi connectivity index (χ1v) is 29.8. The Labute approximate surface area is 476 Å². The van der Waals surface area contributed by atoms with Gasteiger partial charge in [0.15, 0.2) is 37.2 Å². The van der Waals surface area contributed by atoms with E-state index in [4.69, 9.17) is 56.8 Å². The van der Waals surface area contributed by atoms with E-state index in [1.54, 1.807) is 0 Å². The Morgan fingerprint density at radius 2 is 1.12 bits per heavy atom. The smallest absolute Gasteiger partial charge is 0.187 e. The van der Waals surface area contributed by atoms with Crippen molar-refractivity contribution in [2.24, 2.45) is 46.3 Å². The summed E-state index contributed by atoms with van der Waals surface area (Å²) in [6, 6.07) is 0. The van der Waals surface area contributed by atoms with E-state index in [0.717, 1.165) is 51.6 Å². The standard InChI is InChI=1S/C56H90O26/c1-21-8-13-56(72-19-21)22(2)34-30(82-56)15-28-26-7-6-24-14-25(9-11-54(24,4)27(26)10-12-55(28,34)5)74-51-43(69)39(65)46(33(18-59)76-51)79-53-48(47(37(63)31(16-57)75-53)80-49-41(67)36(62)29(60)20-71-49)81-52-44(70)40(66)45(32(17-58)77-52)78-50-42(68)38(64)35(61)23(3)73-50/h6,21-23,25-53,57-70H,7-20H2,1-5H3/t21-,22+,23+,25+,26-,27+,28+,29-,30+,31-,32-,33-,34+,35+,36+,37-,38-,39-,40-,41-,42-,43-,44-,45-,46+,47+,48-,49+,50+,51-,52+,53+,54+,55+,56-/m1/s1. The first-order chi connectivity index (χ1) is 39.0. The number of rotatable bonds is 13. The molecule has 3 saturated carbocycles. The number of aliphatic hydroxyl groups excluding tert-OH is 14. The predicted octanol–water partition coefficient (Wildman–Crippen LogP) is -3.50. The lowest BCUT2D eigenvalue weighted by atomic mass is 9.47. The molecular weight excluding hydrogens is 1090 g/mol. The first kappa shape index (κ1) is 62.3. The van der Waals surface area contributed by atoms with Gasteiger partial charge in [0, 0.05) is 12.3 Å². The fraction of sp³-hybridized carbons (Fsp3) is 0.964. The molecule has 0 aromatic rings. The van der Waals surface area contributed by atoms with Gasteiger partial charge >= 0.3 is 0 Å². The third kappa shape index (κ3) is 10.8. The highest BCUT2D eigenvalue weighted by Crippen LogP contribution is 2.71. The molecule has 14 N–H and O–H groups in total. The minimum absolute atomic E-state index is 0.0773. The van der Waals surface area contributed by atoms with E-state index in [1.807, 2.05) is 0 Å². The number of hydrogen-bond donors (Lipinski definition) is 14. The quantitative estimate of drug-likeness (QED) is 0.0796. The average molecular weight is 1180 g/mol. The number of allylic oxidation sites excluding steroid dienone is 1. The van der Waals surface area contributed by atoms with Crippen molar-refractivity contribution in [3.8, 4) is 0 Å². The van der Waals surface area contributed by atoms with E-state index < -0.39 is 186 Å². The maximum absolute atomic E-state index is 12.0. The molecule has 0 radical (unpaired) electrons. The predicted molar refractivity (Wildman–Crippen MR) is 273 cm³/mol. The molecule has 35 atom stereocenters. The van der Waals surface area contributed by atoms with Crippen LogP contribution in [0, 0.1) is 46.3 Å². The second-order valence-electron chi connectivity index (χ2n) is 26.2. The van der Waals surface area contributed by atoms with Crippen molar-refractivity contribution in [2.75, 3.05) is 33.0 Å². The normalized spacial score (nSPS) is 56.9. The summed E-state index contributed by atoms with van der Waals surface area (Å²) < 4.78 is 73.4. The zero-order valence-electron chi connectivity index (χ0n) is 47.1. The van der Waals surface area contributed by atoms with E-state index in [-0.39, 0.29) is 16.9 Å². The maximum atomic E-state index is 12.0. The van der Waals surface area contributed by atoms with Crippen LogP contribution < -0.4 is 0 Å². The van der Waals surface area contributed by atoms with Crippen LogP contribution in [0.2, 0.25) is 0 Å². The largest absolute Gasteiger partial charge is 0.394 e. The molecule has 10 fully saturated rings. The molecule has 0 amide bonds. The van der Waals surface area contributed by atoms with Gasteiger partial charge in [-0.15, -0.1) is 0 Å². The highest BCUT2D eigenvalue weighted by atomic mass is 16.8. The maximum Gasteiger partial charge on any atom is 0.187 e. The van der Waals surface area contributed by atoms with Gasteiger partial charge in [0.2, 0.25) is 0 Å². The lowest BCUT2D eigenvalue weighted by Crippen LogP contribution is -2.69. The third-order valence-electron chi connectivity index (χ3n) is 21.5. The Hall–Kier alpha value is -1.30. The summed E-state index contributed by atoms with van der Waals surface area (Å²) in [4.78, 5) is 0. The van der Waals surface area contributed by atoms with Gasteiger partial charge in [-0.2, -0.15) is 0 Å². The van der Waals surface area contributed by atoms with Crippen LogP contribution in [0.25, 0.3) is 0 Å². The van der Waals surface area contributed by atoms with E-state index in [1.165, 1.54) is 12.5 Å². The fourth-order valence-corrected chi connectivity index (χ4v) is 16.7. The lowest BCUT2D eigenvalue weighted by Gasteiger charge is -2.58. The Morgan fingerprint density at radius 1 is 0.537 bits per heavy atom. The van der Waals surface area contributed by atoms with Crippen molar-refractivity contribution < 1.29 is 128 Å². The molecule has 0 bridgehead atoms. The van der Waals surface area contributed by atoms with Crippen LogP contribution in [0.15, 0.2) is 11.6 Å². The highest BCUT2D eigenvalue weighted by Gasteiger charge is 2.69. The van der Waals surface area contributed by atoms with Crippen molar-refractivity contribution in [2.45, 2.75) is 258 Å². The van der Waals surface area contributed by atoms with Crippen LogP contribution in [0.3, 0.4) is 0 Å². The molecule has 7 saturated heterocycles. The van der Waals surface area contributed by atoms with E-state index in [2.05, 4.69) is 33.8 Å². The summed E-state index contributed by atoms with van der Waals surface area (Å²) >= 11 is 0. The van der Waals surface area contributed by atoms with Crippen LogP contribution in [0.4, 0.5) is 0 Å². The number of fused-ring (bicyclic) bond motifs is 7. The van der Waals surface area contributed by atoms with Gasteiger partial charge in [-0.25, -0.2) is 0 Å². The molecule has 11 rings (SSSR count). The van der Waals surface area contributed by atoms with Crippen LogP contribution >= 0.6 is 0 Å². The third-order valence-corrected chi connectivity index (χ3v) is 21.5. The number of aliphatic hydroxyl groups is 14. The van der Waals surface area contributed by atoms with Gasteiger partial charge in [-0.3, -0.25) is 0 Å². The molecule has 0 aromatic carbocycles. The van der Waals surface area contributed by atoms with Gasteiger partial charge < -0.3 is 128 Å². The number of hydrogen-bond acceptors (Lipinski definition) is 26. The molecule has 7 aliphatic heterocycles. The molecular formula is C56H90O26. The average Bonchev–Trinajstić information content (AvgIpc) is 1.73. The van der Waals surface area contributed by atoms with Crippen LogP contribution in [0.5, 0.6) is 0 Å². The Morgan fingerprint density at radius 3 is 1.77 bits per heavy atom. The molecule has 0 unspecified atom stereocenters. The fourth-order valence-electron chi connectivity index (χ4n) is 16.7. The minimum atomic E-state index is -2.14. The van der Waals surface area contributed by atoms with Gasteiger partial charge in [-0.05, 0) is 98.7 Å². The summed E-state index contributed by atoms with van der Waals surface area (Å²) in [6.45, 7) is 8.38. The molecule has 1 spiro atoms. The van der Waals surface area contributed by atoms with E-state index in [0.29, 0.717) is 48.3 Å². The van der Waals surface area contributed by atoms with Crippen LogP contribution in [-0.4, -0.2) is 270 Å². The van der Waals surface area contributed by atoms with E-state index in [9.17, 15) is 71.5 Å². The van der Waals surface area contributed by atoms with Gasteiger partial charge in [0.05, 0.1) is 51.3 Å². The highest BCUT2D eigenvalue weighted by molar-refractivity contribution is 5.26. The van der Waals surface area contributed by atoms with Crippen molar-refractivity contribution in [1.29, 1.82) is 0 Å². The summed E-state index contributed by atoms with van der Waals surface area (Å²) in [7, 11) is 0. The molecule has 26 nitrogen and oxygen atoms in total. The van der Waals surface area contributed by atoms with Crippen molar-refractivity contribution >= 4 is 0 Å². The van der Waals surface area contributed by atoms with Crippen LogP contribution in [0.1, 0.15) is 92.4 Å². The summed E-state index contributed by atoms with van der Waals surface area (Å²) in [5.74, 6) is 2.32. The summed E-state index contributed by atoms with van der Waals surface area (Å²) in [5.41, 5.74) is 1.37. The summed E-state index contributed by atoms with van der Waals surface area (Å²) in [5, 5.41) is 153. The van der Waals surface area contributed by atoms with Crippen molar-refractivity contribution in [1.82, 2.24) is 0 Å². The SMILES string of the molecule is C[C@@H]1CC[C@@]2(OC1)O[C@H]1C[C@H]3[C@@H]4CC=C5C[C@@H](O[C@@H]6O[C@H](CO)[C@H](O[C@@H]7O[C@H](CO)[C@@H](O)[C@H](O[C@@H]8OC[C@@H](O)[C@H](O)[C@H]8O)[C@H]7O[C@@H]7O[C@H](CO)[C@@H](O[C@@H]8O[C@@H](C)[C@H](O)[C@@H](O)[C@H]8O)[C@H](O)[C@H]7O)[C@H](O)[C@H]6O)CC[C@]5(C)[C@H]4CC[C@]3(C)[C@H]1[C@@H]2C. The van der Waals surface area contributed by atoms with E-state index >= 15 is 0 Å². The zero-order chi connectivity index (χ0) is 58.6. The molecule has 82 heavy (non-hydrogen) atoms. The first-order valence-electron chi connectivity index (χ1n) is 29.8. The molecule has 7 heterocycles. The van der Waals surface area contributed by atoms with Crippen LogP contribution in [-0.2, 0) is 56.8 Å². The lowest BCUT2D eigenvalue weighted by molar-refractivity contribution is -0.408. The molecule has 470 valence electrons. The zero-order valence-corrected chi connectivity index (χ0v) is 47.1. The summed E-state index contributed by atoms with van der Waals surface area (Å²) in [6.07, 6.45) is -31.8. The topological polar surface area (TPSA) is 394 Å². The second kappa shape index (κ2) is 24.2. The Kier molecular flexibility index (Phi) is 18.4. The van der Waals surface area contributed by atoms with Gasteiger partial charge in [0.25, 0.3) is 0 Å². The van der Waals surface area contributed by atoms with Gasteiger partial charge in [0.1, 0.15) is 110 Å². The van der Waals surface area contributed by atoms with Gasteiger partial charge in [-0.1, -0.05) is 39.3 Å².